The fourth-order valence-electron chi connectivity index (χ4n) is 3.36. The molecule has 2 heterocycles. The molecule has 0 unspecified atom stereocenters. The van der Waals surface area contributed by atoms with Crippen LogP contribution in [0.4, 0.5) is 10.5 Å². The number of likely N-dealkylation sites (tertiary alicyclic amines) is 1. The molecule has 3 rings (SSSR count). The minimum Gasteiger partial charge on any atom is -0.354 e. The standard InChI is InChI=1S/C19H26N4O3/c1-15-5-7-16(8-6-15)23-13-12-22(19(23)26)14-17(24)20-9-3-11-21-10-2-4-18(21)25/h5-8H,2-4,9-14H2,1H3,(H,20,24). The molecule has 1 aromatic rings. The number of carbonyl (C=O) groups excluding carboxylic acids is 3. The first-order chi connectivity index (χ1) is 12.5. The van der Waals surface area contributed by atoms with Crippen molar-refractivity contribution in [1.29, 1.82) is 0 Å². The molecule has 7 heteroatoms. The van der Waals surface area contributed by atoms with Gasteiger partial charge in [0.1, 0.15) is 6.54 Å². The van der Waals surface area contributed by atoms with Crippen LogP contribution in [0.5, 0.6) is 0 Å². The number of rotatable bonds is 7. The van der Waals surface area contributed by atoms with Crippen molar-refractivity contribution in [3.05, 3.63) is 29.8 Å². The Hall–Kier alpha value is -2.57. The number of carbonyl (C=O) groups is 3. The van der Waals surface area contributed by atoms with Crippen molar-refractivity contribution in [2.75, 3.05) is 44.2 Å². The molecule has 2 fully saturated rings. The third kappa shape index (κ3) is 4.33. The van der Waals surface area contributed by atoms with Gasteiger partial charge in [-0.1, -0.05) is 17.7 Å². The Bertz CT molecular complexity index is 674. The number of hydrogen-bond acceptors (Lipinski definition) is 3. The summed E-state index contributed by atoms with van der Waals surface area (Å²) in [6, 6.07) is 7.67. The maximum Gasteiger partial charge on any atom is 0.325 e. The summed E-state index contributed by atoms with van der Waals surface area (Å²) in [5, 5.41) is 2.84. The highest BCUT2D eigenvalue weighted by Gasteiger charge is 2.30. The number of hydrogen-bond donors (Lipinski definition) is 1. The molecule has 26 heavy (non-hydrogen) atoms. The molecule has 0 saturated carbocycles. The second kappa shape index (κ2) is 8.21. The summed E-state index contributed by atoms with van der Waals surface area (Å²) < 4.78 is 0. The zero-order chi connectivity index (χ0) is 18.5. The maximum absolute atomic E-state index is 12.5. The van der Waals surface area contributed by atoms with Crippen molar-refractivity contribution in [1.82, 2.24) is 15.1 Å². The van der Waals surface area contributed by atoms with E-state index in [9.17, 15) is 14.4 Å². The molecule has 4 amide bonds. The summed E-state index contributed by atoms with van der Waals surface area (Å²) in [5.74, 6) is 0.0482. The van der Waals surface area contributed by atoms with E-state index in [1.807, 2.05) is 36.1 Å². The van der Waals surface area contributed by atoms with E-state index in [1.165, 1.54) is 0 Å². The summed E-state index contributed by atoms with van der Waals surface area (Å²) in [7, 11) is 0. The molecule has 0 aliphatic carbocycles. The zero-order valence-electron chi connectivity index (χ0n) is 15.2. The van der Waals surface area contributed by atoms with Crippen LogP contribution in [0.1, 0.15) is 24.8 Å². The predicted octanol–water partition coefficient (Wildman–Crippen LogP) is 1.37. The molecule has 0 radical (unpaired) electrons. The highest BCUT2D eigenvalue weighted by molar-refractivity contribution is 5.96. The fourth-order valence-corrected chi connectivity index (χ4v) is 3.36. The van der Waals surface area contributed by atoms with E-state index in [0.29, 0.717) is 32.6 Å². The third-order valence-electron chi connectivity index (χ3n) is 4.87. The van der Waals surface area contributed by atoms with Gasteiger partial charge in [-0.3, -0.25) is 14.5 Å². The van der Waals surface area contributed by atoms with Gasteiger partial charge in [-0.25, -0.2) is 4.79 Å². The summed E-state index contributed by atoms with van der Waals surface area (Å²) in [6.45, 7) is 5.24. The van der Waals surface area contributed by atoms with Crippen molar-refractivity contribution in [2.24, 2.45) is 0 Å². The summed E-state index contributed by atoms with van der Waals surface area (Å²) in [6.07, 6.45) is 2.31. The Morgan fingerprint density at radius 3 is 2.54 bits per heavy atom. The van der Waals surface area contributed by atoms with Gasteiger partial charge in [0.2, 0.25) is 11.8 Å². The number of amides is 4. The van der Waals surface area contributed by atoms with Gasteiger partial charge in [0.25, 0.3) is 0 Å². The Kier molecular flexibility index (Phi) is 5.75. The van der Waals surface area contributed by atoms with Gasteiger partial charge < -0.3 is 15.1 Å². The van der Waals surface area contributed by atoms with Crippen LogP contribution in [0, 0.1) is 6.92 Å². The lowest BCUT2D eigenvalue weighted by molar-refractivity contribution is -0.127. The highest BCUT2D eigenvalue weighted by Crippen LogP contribution is 2.20. The molecule has 140 valence electrons. The lowest BCUT2D eigenvalue weighted by Gasteiger charge is -2.19. The fraction of sp³-hybridized carbons (Fsp3) is 0.526. The van der Waals surface area contributed by atoms with Crippen LogP contribution in [0.2, 0.25) is 0 Å². The topological polar surface area (TPSA) is 73.0 Å². The molecular weight excluding hydrogens is 332 g/mol. The van der Waals surface area contributed by atoms with Crippen LogP contribution in [0.15, 0.2) is 24.3 Å². The normalized spacial score (nSPS) is 17.3. The van der Waals surface area contributed by atoms with E-state index in [4.69, 9.17) is 0 Å². The lowest BCUT2D eigenvalue weighted by Crippen LogP contribution is -2.40. The van der Waals surface area contributed by atoms with Gasteiger partial charge in [-0.05, 0) is 31.9 Å². The Morgan fingerprint density at radius 1 is 1.08 bits per heavy atom. The Morgan fingerprint density at radius 2 is 1.85 bits per heavy atom. The van der Waals surface area contributed by atoms with Gasteiger partial charge in [-0.15, -0.1) is 0 Å². The number of aryl methyl sites for hydroxylation is 1. The molecule has 2 aliphatic heterocycles. The number of benzene rings is 1. The van der Waals surface area contributed by atoms with Crippen LogP contribution >= 0.6 is 0 Å². The van der Waals surface area contributed by atoms with E-state index < -0.39 is 0 Å². The number of urea groups is 1. The summed E-state index contributed by atoms with van der Waals surface area (Å²) in [5.41, 5.74) is 2.01. The van der Waals surface area contributed by atoms with Gasteiger partial charge in [0, 0.05) is 44.8 Å². The van der Waals surface area contributed by atoms with Gasteiger partial charge in [-0.2, -0.15) is 0 Å². The molecule has 0 spiro atoms. The molecule has 0 aromatic heterocycles. The maximum atomic E-state index is 12.5. The van der Waals surface area contributed by atoms with Crippen molar-refractivity contribution >= 4 is 23.5 Å². The van der Waals surface area contributed by atoms with E-state index in [1.54, 1.807) is 9.80 Å². The number of anilines is 1. The highest BCUT2D eigenvalue weighted by atomic mass is 16.2. The quantitative estimate of drug-likeness (QED) is 0.748. The van der Waals surface area contributed by atoms with Gasteiger partial charge in [0.05, 0.1) is 0 Å². The van der Waals surface area contributed by atoms with Crippen LogP contribution in [0.25, 0.3) is 0 Å². The molecule has 1 aromatic carbocycles. The van der Waals surface area contributed by atoms with Crippen LogP contribution in [0.3, 0.4) is 0 Å². The summed E-state index contributed by atoms with van der Waals surface area (Å²) in [4.78, 5) is 41.2. The van der Waals surface area contributed by atoms with Gasteiger partial charge in [0.15, 0.2) is 0 Å². The van der Waals surface area contributed by atoms with Crippen LogP contribution in [-0.2, 0) is 9.59 Å². The van der Waals surface area contributed by atoms with Crippen molar-refractivity contribution < 1.29 is 14.4 Å². The molecule has 2 aliphatic rings. The Labute approximate surface area is 153 Å². The first-order valence-electron chi connectivity index (χ1n) is 9.22. The molecule has 2 saturated heterocycles. The minimum absolute atomic E-state index is 0.0733. The van der Waals surface area contributed by atoms with Crippen LogP contribution < -0.4 is 10.2 Å². The number of nitrogens with one attached hydrogen (secondary N) is 1. The first kappa shape index (κ1) is 18.2. The van der Waals surface area contributed by atoms with E-state index in [2.05, 4.69) is 5.32 Å². The van der Waals surface area contributed by atoms with E-state index in [0.717, 1.165) is 30.6 Å². The largest absolute Gasteiger partial charge is 0.354 e. The zero-order valence-corrected chi connectivity index (χ0v) is 15.2. The second-order valence-corrected chi connectivity index (χ2v) is 6.88. The molecule has 7 nitrogen and oxygen atoms in total. The average Bonchev–Trinajstić information content (AvgIpc) is 3.19. The monoisotopic (exact) mass is 358 g/mol. The van der Waals surface area contributed by atoms with Crippen molar-refractivity contribution in [2.45, 2.75) is 26.2 Å². The Balaban J connectivity index is 1.39. The van der Waals surface area contributed by atoms with E-state index in [-0.39, 0.29) is 24.4 Å². The SMILES string of the molecule is Cc1ccc(N2CCN(CC(=O)NCCCN3CCCC3=O)C2=O)cc1. The summed E-state index contributed by atoms with van der Waals surface area (Å²) >= 11 is 0. The minimum atomic E-state index is -0.156. The molecule has 0 atom stereocenters. The molecular formula is C19H26N4O3. The smallest absolute Gasteiger partial charge is 0.325 e. The predicted molar refractivity (Wildman–Crippen MR) is 98.9 cm³/mol. The molecule has 1 N–H and O–H groups in total. The number of nitrogens with zero attached hydrogens (tertiary/aromatic N) is 3. The van der Waals surface area contributed by atoms with Gasteiger partial charge >= 0.3 is 6.03 Å². The first-order valence-corrected chi connectivity index (χ1v) is 9.22. The third-order valence-corrected chi connectivity index (χ3v) is 4.87. The lowest BCUT2D eigenvalue weighted by atomic mass is 10.2. The second-order valence-electron chi connectivity index (χ2n) is 6.88. The van der Waals surface area contributed by atoms with Crippen molar-refractivity contribution in [3.63, 3.8) is 0 Å². The van der Waals surface area contributed by atoms with Crippen molar-refractivity contribution in [3.8, 4) is 0 Å². The average molecular weight is 358 g/mol. The van der Waals surface area contributed by atoms with Crippen LogP contribution in [-0.4, -0.2) is 66.9 Å². The molecule has 0 bridgehead atoms. The van der Waals surface area contributed by atoms with E-state index >= 15 is 0 Å².